The minimum absolute atomic E-state index is 0.245. The van der Waals surface area contributed by atoms with Gasteiger partial charge in [0.2, 0.25) is 5.91 Å². The van der Waals surface area contributed by atoms with Gasteiger partial charge in [-0.2, -0.15) is 0 Å². The maximum atomic E-state index is 12.4. The minimum Gasteiger partial charge on any atom is -0.378 e. The fraction of sp³-hybridized carbons (Fsp3) is 0.625. The molecule has 108 valence electrons. The fourth-order valence-corrected chi connectivity index (χ4v) is 3.30. The molecule has 0 aliphatic carbocycles. The van der Waals surface area contributed by atoms with E-state index in [0.717, 1.165) is 45.3 Å². The van der Waals surface area contributed by atoms with Crippen LogP contribution in [0.25, 0.3) is 0 Å². The Labute approximate surface area is 120 Å². The van der Waals surface area contributed by atoms with Gasteiger partial charge in [0.15, 0.2) is 0 Å². The highest BCUT2D eigenvalue weighted by Gasteiger charge is 2.30. The van der Waals surface area contributed by atoms with Crippen molar-refractivity contribution in [3.63, 3.8) is 0 Å². The van der Waals surface area contributed by atoms with Gasteiger partial charge in [-0.15, -0.1) is 0 Å². The van der Waals surface area contributed by atoms with E-state index in [1.807, 2.05) is 29.4 Å². The van der Waals surface area contributed by atoms with Crippen molar-refractivity contribution in [1.29, 1.82) is 0 Å². The van der Waals surface area contributed by atoms with Gasteiger partial charge in [-0.3, -0.25) is 9.78 Å². The Balaban J connectivity index is 1.58. The van der Waals surface area contributed by atoms with Crippen LogP contribution >= 0.6 is 0 Å². The van der Waals surface area contributed by atoms with Gasteiger partial charge < -0.3 is 9.64 Å². The van der Waals surface area contributed by atoms with E-state index in [1.165, 1.54) is 5.56 Å². The third-order valence-corrected chi connectivity index (χ3v) is 4.37. The molecule has 2 aliphatic rings. The number of pyridine rings is 1. The number of hydrogen-bond acceptors (Lipinski definition) is 3. The predicted octanol–water partition coefficient (Wildman–Crippen LogP) is 2.70. The van der Waals surface area contributed by atoms with Gasteiger partial charge in [0, 0.05) is 32.0 Å². The van der Waals surface area contributed by atoms with Gasteiger partial charge in [0.05, 0.1) is 12.1 Å². The Hall–Kier alpha value is -1.42. The first-order valence-electron chi connectivity index (χ1n) is 7.65. The van der Waals surface area contributed by atoms with E-state index >= 15 is 0 Å². The highest BCUT2D eigenvalue weighted by atomic mass is 16.5. The number of nitrogens with zero attached hydrogens (tertiary/aromatic N) is 2. The molecule has 2 aliphatic heterocycles. The molecule has 2 fully saturated rings. The van der Waals surface area contributed by atoms with Crippen molar-refractivity contribution >= 4 is 5.91 Å². The first-order valence-corrected chi connectivity index (χ1v) is 7.65. The summed E-state index contributed by atoms with van der Waals surface area (Å²) in [4.78, 5) is 18.5. The lowest BCUT2D eigenvalue weighted by Crippen LogP contribution is -2.31. The lowest BCUT2D eigenvalue weighted by atomic mass is 10.1. The van der Waals surface area contributed by atoms with Crippen LogP contribution in [0, 0.1) is 0 Å². The fourth-order valence-electron chi connectivity index (χ4n) is 3.30. The van der Waals surface area contributed by atoms with Crippen LogP contribution in [0.15, 0.2) is 24.5 Å². The molecular formula is C16H22N2O2. The van der Waals surface area contributed by atoms with Crippen LogP contribution in [0.2, 0.25) is 0 Å². The molecule has 2 atom stereocenters. The summed E-state index contributed by atoms with van der Waals surface area (Å²) < 4.78 is 5.60. The van der Waals surface area contributed by atoms with Crippen molar-refractivity contribution in [3.8, 4) is 0 Å². The third kappa shape index (κ3) is 3.01. The highest BCUT2D eigenvalue weighted by molar-refractivity contribution is 5.77. The van der Waals surface area contributed by atoms with E-state index in [1.54, 1.807) is 0 Å². The molecule has 0 spiro atoms. The summed E-state index contributed by atoms with van der Waals surface area (Å²) in [6, 6.07) is 4.29. The second kappa shape index (κ2) is 6.35. The maximum absolute atomic E-state index is 12.4. The number of aromatic nitrogens is 1. The molecule has 0 N–H and O–H groups in total. The number of carbonyl (C=O) groups is 1. The normalized spacial score (nSPS) is 26.1. The molecule has 2 saturated heterocycles. The van der Waals surface area contributed by atoms with Crippen molar-refractivity contribution in [2.24, 2.45) is 0 Å². The van der Waals surface area contributed by atoms with E-state index in [2.05, 4.69) is 4.98 Å². The van der Waals surface area contributed by atoms with Gasteiger partial charge in [0.25, 0.3) is 0 Å². The van der Waals surface area contributed by atoms with Gasteiger partial charge in [-0.05, 0) is 49.8 Å². The summed E-state index contributed by atoms with van der Waals surface area (Å²) in [6.45, 7) is 1.75. The van der Waals surface area contributed by atoms with Crippen LogP contribution in [0.3, 0.4) is 0 Å². The predicted molar refractivity (Wildman–Crippen MR) is 76.1 cm³/mol. The number of likely N-dealkylation sites (tertiary alicyclic amines) is 1. The van der Waals surface area contributed by atoms with Crippen molar-refractivity contribution < 1.29 is 9.53 Å². The average molecular weight is 274 g/mol. The van der Waals surface area contributed by atoms with E-state index in [4.69, 9.17) is 4.74 Å². The zero-order chi connectivity index (χ0) is 13.8. The molecule has 0 saturated carbocycles. The third-order valence-electron chi connectivity index (χ3n) is 4.37. The standard InChI is InChI=1S/C16H22N2O2/c19-16(6-5-14-3-2-12-20-14)18-11-1-4-15(18)13-7-9-17-10-8-13/h7-10,14-15H,1-6,11-12H2. The Morgan fingerprint density at radius 3 is 2.90 bits per heavy atom. The summed E-state index contributed by atoms with van der Waals surface area (Å²) >= 11 is 0. The molecule has 3 heterocycles. The topological polar surface area (TPSA) is 42.4 Å². The molecule has 1 aromatic heterocycles. The van der Waals surface area contributed by atoms with Crippen LogP contribution in [0.5, 0.6) is 0 Å². The smallest absolute Gasteiger partial charge is 0.223 e. The monoisotopic (exact) mass is 274 g/mol. The van der Waals surface area contributed by atoms with Crippen LogP contribution in [0.4, 0.5) is 0 Å². The van der Waals surface area contributed by atoms with Gasteiger partial charge in [-0.25, -0.2) is 0 Å². The summed E-state index contributed by atoms with van der Waals surface area (Å²) in [6.07, 6.45) is 9.83. The average Bonchev–Trinajstić information content (AvgIpc) is 3.17. The molecule has 1 amide bonds. The molecule has 0 aromatic carbocycles. The van der Waals surface area contributed by atoms with E-state index in [-0.39, 0.29) is 11.9 Å². The first kappa shape index (κ1) is 13.6. The largest absolute Gasteiger partial charge is 0.378 e. The lowest BCUT2D eigenvalue weighted by Gasteiger charge is -2.25. The molecule has 0 radical (unpaired) electrons. The Bertz CT molecular complexity index is 443. The quantitative estimate of drug-likeness (QED) is 0.847. The molecule has 4 nitrogen and oxygen atoms in total. The van der Waals surface area contributed by atoms with Crippen LogP contribution in [0.1, 0.15) is 50.1 Å². The summed E-state index contributed by atoms with van der Waals surface area (Å²) in [5, 5.41) is 0. The van der Waals surface area contributed by atoms with Crippen molar-refractivity contribution in [2.75, 3.05) is 13.2 Å². The Kier molecular flexibility index (Phi) is 4.31. The molecule has 4 heteroatoms. The SMILES string of the molecule is O=C(CCC1CCCO1)N1CCCC1c1ccncc1. The molecule has 20 heavy (non-hydrogen) atoms. The van der Waals surface area contributed by atoms with E-state index in [0.29, 0.717) is 12.5 Å². The van der Waals surface area contributed by atoms with Crippen molar-refractivity contribution in [3.05, 3.63) is 30.1 Å². The van der Waals surface area contributed by atoms with E-state index in [9.17, 15) is 4.79 Å². The zero-order valence-electron chi connectivity index (χ0n) is 11.8. The summed E-state index contributed by atoms with van der Waals surface area (Å²) in [5.74, 6) is 0.278. The number of hydrogen-bond donors (Lipinski definition) is 0. The summed E-state index contributed by atoms with van der Waals surface area (Å²) in [5.41, 5.74) is 1.21. The highest BCUT2D eigenvalue weighted by Crippen LogP contribution is 2.32. The number of rotatable bonds is 4. The second-order valence-corrected chi connectivity index (χ2v) is 5.70. The number of amides is 1. The van der Waals surface area contributed by atoms with Gasteiger partial charge >= 0.3 is 0 Å². The minimum atomic E-state index is 0.245. The van der Waals surface area contributed by atoms with Crippen LogP contribution in [-0.4, -0.2) is 35.0 Å². The number of ether oxygens (including phenoxy) is 1. The zero-order valence-corrected chi connectivity index (χ0v) is 11.8. The Morgan fingerprint density at radius 1 is 1.30 bits per heavy atom. The molecule has 0 bridgehead atoms. The maximum Gasteiger partial charge on any atom is 0.223 e. The van der Waals surface area contributed by atoms with Crippen LogP contribution in [-0.2, 0) is 9.53 Å². The second-order valence-electron chi connectivity index (χ2n) is 5.70. The molecule has 3 rings (SSSR count). The molecule has 2 unspecified atom stereocenters. The lowest BCUT2D eigenvalue weighted by molar-refractivity contribution is -0.132. The Morgan fingerprint density at radius 2 is 2.15 bits per heavy atom. The van der Waals surface area contributed by atoms with Gasteiger partial charge in [-0.1, -0.05) is 0 Å². The molecule has 1 aromatic rings. The summed E-state index contributed by atoms with van der Waals surface area (Å²) in [7, 11) is 0. The van der Waals surface area contributed by atoms with Crippen molar-refractivity contribution in [2.45, 2.75) is 50.7 Å². The van der Waals surface area contributed by atoms with Crippen LogP contribution < -0.4 is 0 Å². The molecular weight excluding hydrogens is 252 g/mol. The van der Waals surface area contributed by atoms with Crippen molar-refractivity contribution in [1.82, 2.24) is 9.88 Å². The van der Waals surface area contributed by atoms with Gasteiger partial charge in [0.1, 0.15) is 0 Å². The number of carbonyl (C=O) groups excluding carboxylic acids is 1. The first-order chi connectivity index (χ1) is 9.84. The van der Waals surface area contributed by atoms with E-state index < -0.39 is 0 Å².